The molecule has 0 spiro atoms. The van der Waals surface area contributed by atoms with Gasteiger partial charge in [0.05, 0.1) is 27.6 Å². The molecule has 1 aliphatic carbocycles. The van der Waals surface area contributed by atoms with E-state index in [1.54, 1.807) is 0 Å². The minimum atomic E-state index is 0.430. The SMILES string of the molecule is CC1CC=Cc2c1n(-c1ccc(N(c3ccc(-n4c5ccccc5c5ccccc54)cc3)c3ccc(-n4c5ccccc5c5ccccc54)cc3)cc1)c1ccccc21. The van der Waals surface area contributed by atoms with Gasteiger partial charge in [0.2, 0.25) is 0 Å². The lowest BCUT2D eigenvalue weighted by Gasteiger charge is -2.27. The topological polar surface area (TPSA) is 18.0 Å². The molecule has 3 heterocycles. The van der Waals surface area contributed by atoms with Crippen LogP contribution in [0.4, 0.5) is 17.1 Å². The van der Waals surface area contributed by atoms with Gasteiger partial charge in [-0.05, 0) is 110 Å². The van der Waals surface area contributed by atoms with Crippen molar-refractivity contribution in [3.8, 4) is 17.1 Å². The zero-order chi connectivity index (χ0) is 39.0. The number of para-hydroxylation sites is 5. The molecule has 11 aromatic rings. The fourth-order valence-corrected chi connectivity index (χ4v) is 9.83. The summed E-state index contributed by atoms with van der Waals surface area (Å²) >= 11 is 0. The van der Waals surface area contributed by atoms with Gasteiger partial charge in [-0.3, -0.25) is 0 Å². The second-order valence-corrected chi connectivity index (χ2v) is 15.8. The molecule has 4 heteroatoms. The molecule has 280 valence electrons. The molecule has 8 aromatic carbocycles. The number of aromatic nitrogens is 3. The second-order valence-electron chi connectivity index (χ2n) is 15.8. The number of benzene rings is 8. The van der Waals surface area contributed by atoms with Crippen molar-refractivity contribution in [1.82, 2.24) is 13.7 Å². The van der Waals surface area contributed by atoms with E-state index in [2.05, 4.69) is 232 Å². The summed E-state index contributed by atoms with van der Waals surface area (Å²) in [5, 5.41) is 6.36. The molecule has 59 heavy (non-hydrogen) atoms. The van der Waals surface area contributed by atoms with Crippen molar-refractivity contribution in [1.29, 1.82) is 0 Å². The van der Waals surface area contributed by atoms with Gasteiger partial charge in [-0.15, -0.1) is 0 Å². The van der Waals surface area contributed by atoms with Crippen LogP contribution in [0.15, 0.2) is 200 Å². The normalized spacial score (nSPS) is 13.9. The number of rotatable bonds is 6. The fraction of sp³-hybridized carbons (Fsp3) is 0.0545. The van der Waals surface area contributed by atoms with E-state index in [0.717, 1.165) is 34.9 Å². The minimum Gasteiger partial charge on any atom is -0.313 e. The number of nitrogens with zero attached hydrogens (tertiary/aromatic N) is 4. The third-order valence-corrected chi connectivity index (χ3v) is 12.5. The molecular formula is C55H40N4. The van der Waals surface area contributed by atoms with Crippen LogP contribution in [0, 0.1) is 0 Å². The first kappa shape index (κ1) is 33.6. The smallest absolute Gasteiger partial charge is 0.0541 e. The van der Waals surface area contributed by atoms with Gasteiger partial charge in [-0.25, -0.2) is 0 Å². The van der Waals surface area contributed by atoms with Crippen molar-refractivity contribution >= 4 is 77.7 Å². The number of hydrogen-bond donors (Lipinski definition) is 0. The van der Waals surface area contributed by atoms with Crippen LogP contribution in [0.2, 0.25) is 0 Å². The summed E-state index contributed by atoms with van der Waals surface area (Å²) in [6.07, 6.45) is 5.68. The molecule has 0 fully saturated rings. The molecule has 12 rings (SSSR count). The Kier molecular flexibility index (Phi) is 7.54. The Morgan fingerprint density at radius 2 is 0.695 bits per heavy atom. The Labute approximate surface area is 342 Å². The fourth-order valence-electron chi connectivity index (χ4n) is 9.83. The molecule has 0 amide bonds. The van der Waals surface area contributed by atoms with Crippen LogP contribution in [-0.2, 0) is 0 Å². The van der Waals surface area contributed by atoms with Crippen molar-refractivity contribution < 1.29 is 0 Å². The quantitative estimate of drug-likeness (QED) is 0.165. The van der Waals surface area contributed by atoms with E-state index >= 15 is 0 Å². The van der Waals surface area contributed by atoms with E-state index in [9.17, 15) is 0 Å². The summed E-state index contributed by atoms with van der Waals surface area (Å²) in [5.74, 6) is 0.430. The second kappa shape index (κ2) is 13.3. The highest BCUT2D eigenvalue weighted by Gasteiger charge is 2.24. The van der Waals surface area contributed by atoms with Crippen molar-refractivity contribution in [2.75, 3.05) is 4.90 Å². The molecule has 0 saturated carbocycles. The van der Waals surface area contributed by atoms with E-state index in [0.29, 0.717) is 5.92 Å². The Hall–Kier alpha value is -7.56. The predicted molar refractivity (Wildman–Crippen MR) is 249 cm³/mol. The number of anilines is 3. The summed E-state index contributed by atoms with van der Waals surface area (Å²) in [7, 11) is 0. The first-order valence-corrected chi connectivity index (χ1v) is 20.6. The lowest BCUT2D eigenvalue weighted by molar-refractivity contribution is 0.723. The Morgan fingerprint density at radius 1 is 0.373 bits per heavy atom. The summed E-state index contributed by atoms with van der Waals surface area (Å²) in [6, 6.07) is 70.8. The maximum atomic E-state index is 2.48. The third-order valence-electron chi connectivity index (χ3n) is 12.5. The van der Waals surface area contributed by atoms with Crippen LogP contribution >= 0.6 is 0 Å². The lowest BCUT2D eigenvalue weighted by Crippen LogP contribution is -2.11. The van der Waals surface area contributed by atoms with Gasteiger partial charge in [0.15, 0.2) is 0 Å². The molecule has 0 radical (unpaired) electrons. The van der Waals surface area contributed by atoms with Crippen molar-refractivity contribution in [2.45, 2.75) is 19.3 Å². The van der Waals surface area contributed by atoms with Gasteiger partial charge in [0.25, 0.3) is 0 Å². The Bertz CT molecular complexity index is 3150. The first-order chi connectivity index (χ1) is 29.2. The molecule has 3 aromatic heterocycles. The Balaban J connectivity index is 0.994. The van der Waals surface area contributed by atoms with Gasteiger partial charge < -0.3 is 18.6 Å². The van der Waals surface area contributed by atoms with Crippen LogP contribution in [0.25, 0.3) is 77.7 Å². The van der Waals surface area contributed by atoms with E-state index in [-0.39, 0.29) is 0 Å². The summed E-state index contributed by atoms with van der Waals surface area (Å²) in [5.41, 5.74) is 15.5. The van der Waals surface area contributed by atoms with E-state index in [1.165, 1.54) is 71.5 Å². The average molecular weight is 757 g/mol. The standard InChI is InChI=1S/C55H40N4/c1-37-13-12-19-49-48-18-6-11-24-54(48)59(55(37)49)43-35-29-40(30-36-43)56(38-25-31-41(32-26-38)57-50-20-7-2-14-44(50)45-15-3-8-21-51(45)57)39-27-33-42(34-28-39)58-52-22-9-4-16-46(52)47-17-5-10-23-53(47)58/h2-12,14-37H,13H2,1H3. The van der Waals surface area contributed by atoms with Crippen LogP contribution in [0.1, 0.15) is 30.5 Å². The number of allylic oxidation sites excluding steroid dienone is 1. The highest BCUT2D eigenvalue weighted by molar-refractivity contribution is 6.10. The van der Waals surface area contributed by atoms with Crippen LogP contribution in [0.5, 0.6) is 0 Å². The summed E-state index contributed by atoms with van der Waals surface area (Å²) in [4.78, 5) is 2.38. The molecule has 1 unspecified atom stereocenters. The molecule has 1 aliphatic rings. The van der Waals surface area contributed by atoms with Crippen molar-refractivity contribution in [3.05, 3.63) is 211 Å². The van der Waals surface area contributed by atoms with E-state index in [1.807, 2.05) is 0 Å². The number of fused-ring (bicyclic) bond motifs is 9. The van der Waals surface area contributed by atoms with Gasteiger partial charge in [0, 0.05) is 78.2 Å². The van der Waals surface area contributed by atoms with Crippen LogP contribution < -0.4 is 4.90 Å². The monoisotopic (exact) mass is 756 g/mol. The molecule has 0 N–H and O–H groups in total. The minimum absolute atomic E-state index is 0.430. The maximum absolute atomic E-state index is 2.48. The Morgan fingerprint density at radius 3 is 1.08 bits per heavy atom. The maximum Gasteiger partial charge on any atom is 0.0541 e. The largest absolute Gasteiger partial charge is 0.313 e. The molecular weight excluding hydrogens is 717 g/mol. The average Bonchev–Trinajstić information content (AvgIpc) is 3.94. The van der Waals surface area contributed by atoms with Gasteiger partial charge in [-0.2, -0.15) is 0 Å². The van der Waals surface area contributed by atoms with Gasteiger partial charge in [-0.1, -0.05) is 110 Å². The summed E-state index contributed by atoms with van der Waals surface area (Å²) in [6.45, 7) is 2.35. The van der Waals surface area contributed by atoms with Crippen molar-refractivity contribution in [2.24, 2.45) is 0 Å². The molecule has 4 nitrogen and oxygen atoms in total. The zero-order valence-electron chi connectivity index (χ0n) is 32.7. The highest BCUT2D eigenvalue weighted by atomic mass is 15.1. The van der Waals surface area contributed by atoms with Gasteiger partial charge in [0.1, 0.15) is 0 Å². The van der Waals surface area contributed by atoms with Crippen LogP contribution in [-0.4, -0.2) is 13.7 Å². The van der Waals surface area contributed by atoms with Gasteiger partial charge >= 0.3 is 0 Å². The molecule has 1 atom stereocenters. The lowest BCUT2D eigenvalue weighted by atomic mass is 9.93. The first-order valence-electron chi connectivity index (χ1n) is 20.6. The number of hydrogen-bond acceptors (Lipinski definition) is 1. The predicted octanol–water partition coefficient (Wildman–Crippen LogP) is 14.8. The third kappa shape index (κ3) is 5.16. The van der Waals surface area contributed by atoms with Crippen molar-refractivity contribution in [3.63, 3.8) is 0 Å². The van der Waals surface area contributed by atoms with Crippen LogP contribution in [0.3, 0.4) is 0 Å². The molecule has 0 saturated heterocycles. The highest BCUT2D eigenvalue weighted by Crippen LogP contribution is 2.42. The molecule has 0 aliphatic heterocycles. The zero-order valence-corrected chi connectivity index (χ0v) is 32.7. The van der Waals surface area contributed by atoms with E-state index < -0.39 is 0 Å². The molecule has 0 bridgehead atoms. The van der Waals surface area contributed by atoms with E-state index in [4.69, 9.17) is 0 Å². The summed E-state index contributed by atoms with van der Waals surface area (Å²) < 4.78 is 7.24.